The number of aromatic carboxylic acids is 1. The SMILES string of the molecule is Cc1csc(C(=O)O)c1S(=O)(=O)N(CC(C)C)C1CC1. The van der Waals surface area contributed by atoms with Gasteiger partial charge in [-0.2, -0.15) is 4.31 Å². The summed E-state index contributed by atoms with van der Waals surface area (Å²) in [7, 11) is -3.73. The summed E-state index contributed by atoms with van der Waals surface area (Å²) < 4.78 is 27.1. The molecule has 1 fully saturated rings. The second-order valence-electron chi connectivity index (χ2n) is 5.58. The number of carbonyl (C=O) groups is 1. The molecule has 0 unspecified atom stereocenters. The van der Waals surface area contributed by atoms with E-state index in [9.17, 15) is 18.3 Å². The lowest BCUT2D eigenvalue weighted by Gasteiger charge is -2.24. The van der Waals surface area contributed by atoms with Crippen LogP contribution in [0.3, 0.4) is 0 Å². The highest BCUT2D eigenvalue weighted by molar-refractivity contribution is 7.89. The summed E-state index contributed by atoms with van der Waals surface area (Å²) >= 11 is 0.974. The largest absolute Gasteiger partial charge is 0.477 e. The fourth-order valence-electron chi connectivity index (χ4n) is 2.18. The van der Waals surface area contributed by atoms with Gasteiger partial charge in [0.1, 0.15) is 9.77 Å². The smallest absolute Gasteiger partial charge is 0.347 e. The molecule has 2 rings (SSSR count). The number of nitrogens with zero attached hydrogens (tertiary/aromatic N) is 1. The quantitative estimate of drug-likeness (QED) is 0.875. The van der Waals surface area contributed by atoms with Crippen molar-refractivity contribution in [2.24, 2.45) is 5.92 Å². The van der Waals surface area contributed by atoms with Gasteiger partial charge in [-0.3, -0.25) is 0 Å². The van der Waals surface area contributed by atoms with E-state index in [4.69, 9.17) is 0 Å². The van der Waals surface area contributed by atoms with Crippen LogP contribution in [0.15, 0.2) is 10.3 Å². The van der Waals surface area contributed by atoms with Gasteiger partial charge in [0.15, 0.2) is 0 Å². The van der Waals surface area contributed by atoms with Crippen molar-refractivity contribution in [3.63, 3.8) is 0 Å². The monoisotopic (exact) mass is 317 g/mol. The van der Waals surface area contributed by atoms with Crippen LogP contribution in [0.4, 0.5) is 0 Å². The molecule has 1 heterocycles. The van der Waals surface area contributed by atoms with Crippen molar-refractivity contribution in [1.29, 1.82) is 0 Å². The highest BCUT2D eigenvalue weighted by atomic mass is 32.2. The standard InChI is InChI=1S/C13H19NO4S2/c1-8(2)6-14(10-4-5-10)20(17,18)12-9(3)7-19-11(12)13(15)16/h7-8,10H,4-6H2,1-3H3,(H,15,16). The Balaban J connectivity index is 2.48. The molecule has 1 aliphatic rings. The first-order valence-corrected chi connectivity index (χ1v) is 8.90. The molecule has 1 aliphatic carbocycles. The van der Waals surface area contributed by atoms with E-state index < -0.39 is 16.0 Å². The Morgan fingerprint density at radius 2 is 2.10 bits per heavy atom. The first-order valence-electron chi connectivity index (χ1n) is 6.58. The van der Waals surface area contributed by atoms with E-state index in [1.807, 2.05) is 13.8 Å². The second-order valence-corrected chi connectivity index (χ2v) is 8.29. The summed E-state index contributed by atoms with van der Waals surface area (Å²) in [5.74, 6) is -0.973. The topological polar surface area (TPSA) is 74.7 Å². The third kappa shape index (κ3) is 2.89. The van der Waals surface area contributed by atoms with Crippen molar-refractivity contribution in [2.45, 2.75) is 44.6 Å². The Kier molecular flexibility index (Phi) is 4.22. The predicted molar refractivity (Wildman–Crippen MR) is 77.8 cm³/mol. The molecule has 0 atom stereocenters. The molecule has 112 valence electrons. The minimum Gasteiger partial charge on any atom is -0.477 e. The molecule has 5 nitrogen and oxygen atoms in total. The van der Waals surface area contributed by atoms with Gasteiger partial charge in [0.05, 0.1) is 0 Å². The first kappa shape index (κ1) is 15.5. The van der Waals surface area contributed by atoms with Crippen LogP contribution in [0.1, 0.15) is 41.9 Å². The maximum atomic E-state index is 12.8. The average Bonchev–Trinajstić information content (AvgIpc) is 3.07. The van der Waals surface area contributed by atoms with Gasteiger partial charge >= 0.3 is 5.97 Å². The highest BCUT2D eigenvalue weighted by Gasteiger charge is 2.41. The maximum absolute atomic E-state index is 12.8. The van der Waals surface area contributed by atoms with Gasteiger partial charge < -0.3 is 5.11 Å². The maximum Gasteiger partial charge on any atom is 0.347 e. The van der Waals surface area contributed by atoms with Crippen molar-refractivity contribution < 1.29 is 18.3 Å². The fraction of sp³-hybridized carbons (Fsp3) is 0.615. The zero-order chi connectivity index (χ0) is 15.1. The minimum atomic E-state index is -3.73. The van der Waals surface area contributed by atoms with Crippen LogP contribution in [0.25, 0.3) is 0 Å². The molecule has 0 radical (unpaired) electrons. The fourth-order valence-corrected chi connectivity index (χ4v) is 5.62. The van der Waals surface area contributed by atoms with Crippen molar-refractivity contribution in [2.75, 3.05) is 6.54 Å². The Morgan fingerprint density at radius 3 is 2.55 bits per heavy atom. The van der Waals surface area contributed by atoms with Crippen LogP contribution in [0.5, 0.6) is 0 Å². The summed E-state index contributed by atoms with van der Waals surface area (Å²) in [5, 5.41) is 10.8. The lowest BCUT2D eigenvalue weighted by atomic mass is 10.2. The van der Waals surface area contributed by atoms with E-state index >= 15 is 0 Å². The number of rotatable bonds is 6. The lowest BCUT2D eigenvalue weighted by Crippen LogP contribution is -2.36. The number of hydrogen-bond donors (Lipinski definition) is 1. The Hall–Kier alpha value is -0.920. The molecule has 1 N–H and O–H groups in total. The zero-order valence-electron chi connectivity index (χ0n) is 11.8. The van der Waals surface area contributed by atoms with Crippen molar-refractivity contribution in [1.82, 2.24) is 4.31 Å². The number of aryl methyl sites for hydroxylation is 1. The molecular formula is C13H19NO4S2. The van der Waals surface area contributed by atoms with Crippen molar-refractivity contribution in [3.05, 3.63) is 15.8 Å². The summed E-state index contributed by atoms with van der Waals surface area (Å²) in [4.78, 5) is 11.1. The minimum absolute atomic E-state index is 0.0254. The average molecular weight is 317 g/mol. The molecule has 0 aromatic carbocycles. The van der Waals surface area contributed by atoms with Crippen LogP contribution in [-0.2, 0) is 10.0 Å². The summed E-state index contributed by atoms with van der Waals surface area (Å²) in [6.07, 6.45) is 1.72. The van der Waals surface area contributed by atoms with Crippen molar-refractivity contribution >= 4 is 27.3 Å². The van der Waals surface area contributed by atoms with E-state index in [1.165, 1.54) is 4.31 Å². The Bertz CT molecular complexity index is 614. The second kappa shape index (κ2) is 5.46. The molecular weight excluding hydrogens is 298 g/mol. The predicted octanol–water partition coefficient (Wildman–Crippen LogP) is 2.56. The normalized spacial score (nSPS) is 16.1. The Morgan fingerprint density at radius 1 is 1.50 bits per heavy atom. The summed E-state index contributed by atoms with van der Waals surface area (Å²) in [6, 6.07) is 0.0309. The third-order valence-electron chi connectivity index (χ3n) is 3.18. The van der Waals surface area contributed by atoms with Crippen molar-refractivity contribution in [3.8, 4) is 0 Å². The van der Waals surface area contributed by atoms with Gasteiger partial charge in [0.25, 0.3) is 0 Å². The molecule has 20 heavy (non-hydrogen) atoms. The molecule has 1 saturated carbocycles. The molecule has 0 spiro atoms. The molecule has 0 saturated heterocycles. The summed E-state index contributed by atoms with van der Waals surface area (Å²) in [5.41, 5.74) is 0.516. The molecule has 1 aromatic rings. The summed E-state index contributed by atoms with van der Waals surface area (Å²) in [6.45, 7) is 6.00. The zero-order valence-corrected chi connectivity index (χ0v) is 13.4. The van der Waals surface area contributed by atoms with Crippen LogP contribution in [0.2, 0.25) is 0 Å². The first-order chi connectivity index (χ1) is 9.25. The Labute approximate surface area is 123 Å². The van der Waals surface area contributed by atoms with Crippen LogP contribution in [-0.4, -0.2) is 36.4 Å². The van der Waals surface area contributed by atoms with Crippen LogP contribution >= 0.6 is 11.3 Å². The van der Waals surface area contributed by atoms with E-state index in [2.05, 4.69) is 0 Å². The van der Waals surface area contributed by atoms with Gasteiger partial charge in [0.2, 0.25) is 10.0 Å². The van der Waals surface area contributed by atoms with E-state index in [0.29, 0.717) is 12.1 Å². The van der Waals surface area contributed by atoms with E-state index in [1.54, 1.807) is 12.3 Å². The van der Waals surface area contributed by atoms with Crippen LogP contribution < -0.4 is 0 Å². The van der Waals surface area contributed by atoms with E-state index in [-0.39, 0.29) is 21.7 Å². The van der Waals surface area contributed by atoms with Gasteiger partial charge in [0, 0.05) is 12.6 Å². The highest BCUT2D eigenvalue weighted by Crippen LogP contribution is 2.36. The number of sulfonamides is 1. The van der Waals surface area contributed by atoms with Gasteiger partial charge in [-0.05, 0) is 36.6 Å². The lowest BCUT2D eigenvalue weighted by molar-refractivity contribution is 0.0698. The molecule has 0 aliphatic heterocycles. The third-order valence-corrected chi connectivity index (χ3v) is 6.50. The number of carboxylic acids is 1. The van der Waals surface area contributed by atoms with Gasteiger partial charge in [-0.1, -0.05) is 13.8 Å². The molecule has 7 heteroatoms. The van der Waals surface area contributed by atoms with Crippen LogP contribution in [0, 0.1) is 12.8 Å². The number of carboxylic acid groups (broad SMARTS) is 1. The van der Waals surface area contributed by atoms with E-state index in [0.717, 1.165) is 24.2 Å². The number of thiophene rings is 1. The van der Waals surface area contributed by atoms with Gasteiger partial charge in [-0.15, -0.1) is 11.3 Å². The van der Waals surface area contributed by atoms with Gasteiger partial charge in [-0.25, -0.2) is 13.2 Å². The molecule has 0 bridgehead atoms. The number of hydrogen-bond acceptors (Lipinski definition) is 4. The molecule has 1 aromatic heterocycles. The molecule has 0 amide bonds.